The summed E-state index contributed by atoms with van der Waals surface area (Å²) in [4.78, 5) is 31.4. The number of ether oxygens (including phenoxy) is 1. The second-order valence-electron chi connectivity index (χ2n) is 4.90. The molecule has 0 aromatic carbocycles. The predicted molar refractivity (Wildman–Crippen MR) is 80.9 cm³/mol. The number of aldehydes is 1. The number of thiophene rings is 1. The zero-order valence-electron chi connectivity index (χ0n) is 12.3. The van der Waals surface area contributed by atoms with Crippen LogP contribution < -0.4 is 0 Å². The van der Waals surface area contributed by atoms with E-state index in [0.717, 1.165) is 23.4 Å². The van der Waals surface area contributed by atoms with Crippen LogP contribution in [0.15, 0.2) is 18.3 Å². The van der Waals surface area contributed by atoms with Gasteiger partial charge in [-0.3, -0.25) is 4.79 Å². The van der Waals surface area contributed by atoms with Gasteiger partial charge in [0.1, 0.15) is 10.7 Å². The SMILES string of the molecule is CCC(C)C(c1ncc(C=O)[nH]1)c1ccc(C(=O)OC)s1. The number of aromatic nitrogens is 2. The van der Waals surface area contributed by atoms with Gasteiger partial charge < -0.3 is 9.72 Å². The van der Waals surface area contributed by atoms with Crippen molar-refractivity contribution < 1.29 is 14.3 Å². The molecular weight excluding hydrogens is 288 g/mol. The van der Waals surface area contributed by atoms with E-state index in [1.807, 2.05) is 6.07 Å². The molecule has 2 unspecified atom stereocenters. The third kappa shape index (κ3) is 3.21. The van der Waals surface area contributed by atoms with Gasteiger partial charge in [-0.2, -0.15) is 0 Å². The van der Waals surface area contributed by atoms with Gasteiger partial charge in [0.25, 0.3) is 0 Å². The zero-order chi connectivity index (χ0) is 15.4. The van der Waals surface area contributed by atoms with Crippen molar-refractivity contribution in [2.45, 2.75) is 26.2 Å². The summed E-state index contributed by atoms with van der Waals surface area (Å²) in [5.41, 5.74) is 0.461. The number of carbonyl (C=O) groups is 2. The molecule has 6 heteroatoms. The summed E-state index contributed by atoms with van der Waals surface area (Å²) in [7, 11) is 1.37. The van der Waals surface area contributed by atoms with E-state index >= 15 is 0 Å². The number of carbonyl (C=O) groups excluding carboxylic acids is 2. The number of H-pyrrole nitrogens is 1. The second-order valence-corrected chi connectivity index (χ2v) is 6.01. The number of nitrogens with zero attached hydrogens (tertiary/aromatic N) is 1. The number of imidazole rings is 1. The van der Waals surface area contributed by atoms with Gasteiger partial charge in [0.15, 0.2) is 6.29 Å². The van der Waals surface area contributed by atoms with Crippen LogP contribution >= 0.6 is 11.3 Å². The number of hydrogen-bond acceptors (Lipinski definition) is 5. The summed E-state index contributed by atoms with van der Waals surface area (Å²) in [5, 5.41) is 0. The van der Waals surface area contributed by atoms with E-state index in [0.29, 0.717) is 16.5 Å². The van der Waals surface area contributed by atoms with Gasteiger partial charge in [-0.25, -0.2) is 9.78 Å². The maximum atomic E-state index is 11.6. The Labute approximate surface area is 127 Å². The Balaban J connectivity index is 2.38. The predicted octanol–water partition coefficient (Wildman–Crippen LogP) is 3.25. The standard InChI is InChI=1S/C15H18N2O3S/c1-4-9(2)13(14-16-7-10(8-18)17-14)11-5-6-12(21-11)15(19)20-3/h5-9,13H,4H2,1-3H3,(H,16,17). The van der Waals surface area contributed by atoms with Crippen LogP contribution in [-0.4, -0.2) is 29.3 Å². The first-order valence-corrected chi connectivity index (χ1v) is 7.60. The molecule has 0 fully saturated rings. The van der Waals surface area contributed by atoms with Gasteiger partial charge in [0.2, 0.25) is 0 Å². The van der Waals surface area contributed by atoms with Gasteiger partial charge in [-0.15, -0.1) is 11.3 Å². The van der Waals surface area contributed by atoms with Crippen molar-refractivity contribution in [3.05, 3.63) is 39.6 Å². The lowest BCUT2D eigenvalue weighted by molar-refractivity contribution is 0.0606. The Hall–Kier alpha value is -1.95. The minimum absolute atomic E-state index is 0.0344. The van der Waals surface area contributed by atoms with E-state index in [9.17, 15) is 9.59 Å². The molecule has 0 saturated carbocycles. The highest BCUT2D eigenvalue weighted by atomic mass is 32.1. The fourth-order valence-electron chi connectivity index (χ4n) is 2.22. The first-order valence-electron chi connectivity index (χ1n) is 6.78. The van der Waals surface area contributed by atoms with E-state index in [1.54, 1.807) is 6.07 Å². The fourth-order valence-corrected chi connectivity index (χ4v) is 3.38. The molecule has 2 heterocycles. The van der Waals surface area contributed by atoms with Gasteiger partial charge >= 0.3 is 5.97 Å². The van der Waals surface area contributed by atoms with E-state index < -0.39 is 0 Å². The number of esters is 1. The van der Waals surface area contributed by atoms with Gasteiger partial charge in [-0.05, 0) is 18.1 Å². The van der Waals surface area contributed by atoms with Crippen molar-refractivity contribution in [2.24, 2.45) is 5.92 Å². The first-order chi connectivity index (χ1) is 10.1. The van der Waals surface area contributed by atoms with E-state index in [1.165, 1.54) is 24.6 Å². The van der Waals surface area contributed by atoms with E-state index in [2.05, 4.69) is 23.8 Å². The number of methoxy groups -OCH3 is 1. The highest BCUT2D eigenvalue weighted by molar-refractivity contribution is 7.14. The highest BCUT2D eigenvalue weighted by Crippen LogP contribution is 2.36. The Morgan fingerprint density at radius 3 is 2.86 bits per heavy atom. The Morgan fingerprint density at radius 2 is 2.29 bits per heavy atom. The van der Waals surface area contributed by atoms with Crippen molar-refractivity contribution in [3.63, 3.8) is 0 Å². The molecule has 2 rings (SSSR count). The van der Waals surface area contributed by atoms with Gasteiger partial charge in [0, 0.05) is 4.88 Å². The van der Waals surface area contributed by atoms with Crippen LogP contribution in [0, 0.1) is 5.92 Å². The van der Waals surface area contributed by atoms with Crippen LogP contribution in [-0.2, 0) is 4.74 Å². The normalized spacial score (nSPS) is 13.7. The zero-order valence-corrected chi connectivity index (χ0v) is 13.1. The maximum Gasteiger partial charge on any atom is 0.348 e. The quantitative estimate of drug-likeness (QED) is 0.657. The van der Waals surface area contributed by atoms with Crippen LogP contribution in [0.5, 0.6) is 0 Å². The average molecular weight is 306 g/mol. The summed E-state index contributed by atoms with van der Waals surface area (Å²) in [6, 6.07) is 3.70. The molecule has 0 saturated heterocycles. The molecule has 0 aliphatic rings. The van der Waals surface area contributed by atoms with Crippen LogP contribution in [0.4, 0.5) is 0 Å². The first kappa shape index (κ1) is 15.4. The van der Waals surface area contributed by atoms with Crippen molar-refractivity contribution in [1.29, 1.82) is 0 Å². The molecule has 112 valence electrons. The number of aromatic amines is 1. The Bertz CT molecular complexity index is 632. The van der Waals surface area contributed by atoms with Crippen LogP contribution in [0.25, 0.3) is 0 Å². The van der Waals surface area contributed by atoms with Gasteiger partial charge in [0.05, 0.1) is 24.9 Å². The minimum Gasteiger partial charge on any atom is -0.465 e. The van der Waals surface area contributed by atoms with Gasteiger partial charge in [-0.1, -0.05) is 20.3 Å². The Kier molecular flexibility index (Phi) is 4.90. The monoisotopic (exact) mass is 306 g/mol. The van der Waals surface area contributed by atoms with Crippen molar-refractivity contribution in [2.75, 3.05) is 7.11 Å². The molecule has 0 aliphatic carbocycles. The van der Waals surface area contributed by atoms with Crippen molar-refractivity contribution in [1.82, 2.24) is 9.97 Å². The average Bonchev–Trinajstić information content (AvgIpc) is 3.16. The Morgan fingerprint density at radius 1 is 1.52 bits per heavy atom. The molecule has 0 radical (unpaired) electrons. The smallest absolute Gasteiger partial charge is 0.348 e. The summed E-state index contributed by atoms with van der Waals surface area (Å²) in [6.07, 6.45) is 3.25. The molecule has 0 bridgehead atoms. The number of rotatable bonds is 6. The van der Waals surface area contributed by atoms with E-state index in [-0.39, 0.29) is 11.9 Å². The molecule has 0 amide bonds. The third-order valence-electron chi connectivity index (χ3n) is 3.57. The van der Waals surface area contributed by atoms with Crippen molar-refractivity contribution in [3.8, 4) is 0 Å². The molecule has 0 aliphatic heterocycles. The second kappa shape index (κ2) is 6.67. The molecule has 21 heavy (non-hydrogen) atoms. The number of hydrogen-bond donors (Lipinski definition) is 1. The molecule has 0 spiro atoms. The highest BCUT2D eigenvalue weighted by Gasteiger charge is 2.25. The molecular formula is C15H18N2O3S. The van der Waals surface area contributed by atoms with Crippen molar-refractivity contribution >= 4 is 23.6 Å². The van der Waals surface area contributed by atoms with Crippen LogP contribution in [0.2, 0.25) is 0 Å². The summed E-state index contributed by atoms with van der Waals surface area (Å²) >= 11 is 1.41. The van der Waals surface area contributed by atoms with Crippen LogP contribution in [0.3, 0.4) is 0 Å². The third-order valence-corrected chi connectivity index (χ3v) is 4.72. The molecule has 1 N–H and O–H groups in total. The summed E-state index contributed by atoms with van der Waals surface area (Å²) in [5.74, 6) is 0.791. The number of nitrogens with one attached hydrogen (secondary N) is 1. The fraction of sp³-hybridized carbons (Fsp3) is 0.400. The minimum atomic E-state index is -0.331. The lowest BCUT2D eigenvalue weighted by Crippen LogP contribution is -2.11. The maximum absolute atomic E-state index is 11.6. The summed E-state index contributed by atoms with van der Waals surface area (Å²) < 4.78 is 4.75. The lowest BCUT2D eigenvalue weighted by atomic mass is 9.90. The topological polar surface area (TPSA) is 72.0 Å². The van der Waals surface area contributed by atoms with Crippen LogP contribution in [0.1, 0.15) is 57.0 Å². The largest absolute Gasteiger partial charge is 0.465 e. The molecule has 2 aromatic rings. The summed E-state index contributed by atoms with van der Waals surface area (Å²) in [6.45, 7) is 4.24. The molecule has 2 aromatic heterocycles. The molecule has 5 nitrogen and oxygen atoms in total. The molecule has 2 atom stereocenters. The van der Waals surface area contributed by atoms with E-state index in [4.69, 9.17) is 4.74 Å². The lowest BCUT2D eigenvalue weighted by Gasteiger charge is -2.19.